The van der Waals surface area contributed by atoms with Crippen LogP contribution in [0.1, 0.15) is 12.2 Å². The van der Waals surface area contributed by atoms with Crippen LogP contribution in [0.25, 0.3) is 0 Å². The standard InChI is InChI=1S/C20H25FN6O2/c1-13-24-17(11-18(25-13)26(2)3)22-8-9-23-20(29)14-10-19(28)27(12-14)16-6-4-15(21)5-7-16/h4-7,11,14H,8-10,12H2,1-3H3,(H,23,29)(H,22,24,25). The van der Waals surface area contributed by atoms with Gasteiger partial charge in [0, 0.05) is 51.9 Å². The van der Waals surface area contributed by atoms with Crippen LogP contribution in [0.4, 0.5) is 21.7 Å². The number of rotatable bonds is 7. The van der Waals surface area contributed by atoms with Crippen molar-refractivity contribution in [3.05, 3.63) is 42.0 Å². The maximum absolute atomic E-state index is 13.1. The van der Waals surface area contributed by atoms with Crippen molar-refractivity contribution in [2.45, 2.75) is 13.3 Å². The molecule has 2 N–H and O–H groups in total. The molecule has 29 heavy (non-hydrogen) atoms. The molecule has 2 amide bonds. The normalized spacial score (nSPS) is 16.1. The number of anilines is 3. The maximum atomic E-state index is 13.1. The third kappa shape index (κ3) is 5.18. The number of aryl methyl sites for hydroxylation is 1. The zero-order valence-corrected chi connectivity index (χ0v) is 16.8. The highest BCUT2D eigenvalue weighted by molar-refractivity contribution is 6.00. The quantitative estimate of drug-likeness (QED) is 0.686. The van der Waals surface area contributed by atoms with E-state index in [-0.39, 0.29) is 24.1 Å². The van der Waals surface area contributed by atoms with Crippen molar-refractivity contribution in [2.75, 3.05) is 48.8 Å². The Morgan fingerprint density at radius 3 is 2.66 bits per heavy atom. The molecule has 1 unspecified atom stereocenters. The molecular weight excluding hydrogens is 375 g/mol. The molecule has 0 spiro atoms. The number of carbonyl (C=O) groups excluding carboxylic acids is 2. The van der Waals surface area contributed by atoms with Gasteiger partial charge < -0.3 is 20.4 Å². The Labute approximate surface area is 169 Å². The highest BCUT2D eigenvalue weighted by Crippen LogP contribution is 2.25. The molecule has 0 aliphatic carbocycles. The molecule has 1 aromatic carbocycles. The first-order valence-corrected chi connectivity index (χ1v) is 9.44. The molecule has 1 aliphatic heterocycles. The predicted octanol–water partition coefficient (Wildman–Crippen LogP) is 1.57. The molecule has 0 radical (unpaired) electrons. The molecule has 1 fully saturated rings. The summed E-state index contributed by atoms with van der Waals surface area (Å²) in [6.45, 7) is 3.02. The molecule has 8 nitrogen and oxygen atoms in total. The van der Waals surface area contributed by atoms with Crippen LogP contribution in [0.5, 0.6) is 0 Å². The first-order valence-electron chi connectivity index (χ1n) is 9.44. The van der Waals surface area contributed by atoms with Crippen LogP contribution in [-0.4, -0.2) is 55.5 Å². The Hall–Kier alpha value is -3.23. The minimum absolute atomic E-state index is 0.137. The van der Waals surface area contributed by atoms with Crippen molar-refractivity contribution in [2.24, 2.45) is 5.92 Å². The summed E-state index contributed by atoms with van der Waals surface area (Å²) in [5.74, 6) is 1.06. The van der Waals surface area contributed by atoms with Gasteiger partial charge >= 0.3 is 0 Å². The third-order valence-electron chi connectivity index (χ3n) is 4.65. The number of hydrogen-bond acceptors (Lipinski definition) is 6. The van der Waals surface area contributed by atoms with Crippen LogP contribution >= 0.6 is 0 Å². The van der Waals surface area contributed by atoms with Gasteiger partial charge in [-0.1, -0.05) is 0 Å². The summed E-state index contributed by atoms with van der Waals surface area (Å²) >= 11 is 0. The van der Waals surface area contributed by atoms with Gasteiger partial charge in [-0.25, -0.2) is 14.4 Å². The first-order chi connectivity index (χ1) is 13.8. The molecule has 3 rings (SSSR count). The highest BCUT2D eigenvalue weighted by Gasteiger charge is 2.34. The fraction of sp³-hybridized carbons (Fsp3) is 0.400. The number of halogens is 1. The number of hydrogen-bond donors (Lipinski definition) is 2. The number of amides is 2. The van der Waals surface area contributed by atoms with Crippen molar-refractivity contribution >= 4 is 29.1 Å². The van der Waals surface area contributed by atoms with Crippen LogP contribution in [0.15, 0.2) is 30.3 Å². The van der Waals surface area contributed by atoms with E-state index in [1.165, 1.54) is 17.0 Å². The van der Waals surface area contributed by atoms with E-state index in [1.807, 2.05) is 32.0 Å². The second-order valence-electron chi connectivity index (χ2n) is 7.15. The summed E-state index contributed by atoms with van der Waals surface area (Å²) in [6.07, 6.45) is 0.147. The van der Waals surface area contributed by atoms with Crippen LogP contribution in [0.3, 0.4) is 0 Å². The van der Waals surface area contributed by atoms with Crippen molar-refractivity contribution in [1.82, 2.24) is 15.3 Å². The van der Waals surface area contributed by atoms with Crippen LogP contribution in [0, 0.1) is 18.7 Å². The van der Waals surface area contributed by atoms with Gasteiger partial charge in [-0.15, -0.1) is 0 Å². The average Bonchev–Trinajstić information content (AvgIpc) is 3.07. The lowest BCUT2D eigenvalue weighted by molar-refractivity contribution is -0.126. The largest absolute Gasteiger partial charge is 0.368 e. The van der Waals surface area contributed by atoms with Gasteiger partial charge in [-0.2, -0.15) is 0 Å². The number of benzene rings is 1. The first kappa shape index (κ1) is 20.5. The summed E-state index contributed by atoms with van der Waals surface area (Å²) in [6, 6.07) is 7.54. The minimum atomic E-state index is -0.422. The molecule has 1 aromatic heterocycles. The summed E-state index contributed by atoms with van der Waals surface area (Å²) in [5, 5.41) is 6.02. The second-order valence-corrected chi connectivity index (χ2v) is 7.15. The lowest BCUT2D eigenvalue weighted by Gasteiger charge is -2.17. The third-order valence-corrected chi connectivity index (χ3v) is 4.65. The van der Waals surface area contributed by atoms with Crippen molar-refractivity contribution < 1.29 is 14.0 Å². The Kier molecular flexibility index (Phi) is 6.26. The zero-order valence-electron chi connectivity index (χ0n) is 16.8. The monoisotopic (exact) mass is 400 g/mol. The van der Waals surface area contributed by atoms with E-state index in [0.717, 1.165) is 5.82 Å². The Bertz CT molecular complexity index is 887. The summed E-state index contributed by atoms with van der Waals surface area (Å²) in [7, 11) is 3.81. The molecule has 1 atom stereocenters. The van der Waals surface area contributed by atoms with Gasteiger partial charge in [-0.05, 0) is 31.2 Å². The number of aromatic nitrogens is 2. The molecule has 1 aliphatic rings. The van der Waals surface area contributed by atoms with E-state index in [0.29, 0.717) is 37.0 Å². The summed E-state index contributed by atoms with van der Waals surface area (Å²) in [5.41, 5.74) is 0.601. The summed E-state index contributed by atoms with van der Waals surface area (Å²) in [4.78, 5) is 36.7. The van der Waals surface area contributed by atoms with Crippen LogP contribution in [0.2, 0.25) is 0 Å². The smallest absolute Gasteiger partial charge is 0.227 e. The zero-order chi connectivity index (χ0) is 21.0. The predicted molar refractivity (Wildman–Crippen MR) is 109 cm³/mol. The lowest BCUT2D eigenvalue weighted by atomic mass is 10.1. The lowest BCUT2D eigenvalue weighted by Crippen LogP contribution is -2.35. The van der Waals surface area contributed by atoms with Crippen molar-refractivity contribution in [3.8, 4) is 0 Å². The van der Waals surface area contributed by atoms with E-state index in [2.05, 4.69) is 20.6 Å². The number of carbonyl (C=O) groups is 2. The SMILES string of the molecule is Cc1nc(NCCNC(=O)C2CC(=O)N(c3ccc(F)cc3)C2)cc(N(C)C)n1. The Balaban J connectivity index is 1.48. The molecule has 9 heteroatoms. The molecule has 154 valence electrons. The van der Waals surface area contributed by atoms with Crippen LogP contribution in [-0.2, 0) is 9.59 Å². The van der Waals surface area contributed by atoms with Gasteiger partial charge in [0.25, 0.3) is 0 Å². The molecule has 2 aromatic rings. The Morgan fingerprint density at radius 1 is 1.24 bits per heavy atom. The molecule has 0 bridgehead atoms. The van der Waals surface area contributed by atoms with Crippen molar-refractivity contribution in [3.63, 3.8) is 0 Å². The van der Waals surface area contributed by atoms with E-state index in [4.69, 9.17) is 0 Å². The van der Waals surface area contributed by atoms with Crippen molar-refractivity contribution in [1.29, 1.82) is 0 Å². The minimum Gasteiger partial charge on any atom is -0.368 e. The van der Waals surface area contributed by atoms with Gasteiger partial charge in [0.2, 0.25) is 11.8 Å². The summed E-state index contributed by atoms with van der Waals surface area (Å²) < 4.78 is 13.1. The van der Waals surface area contributed by atoms with Gasteiger partial charge in [-0.3, -0.25) is 9.59 Å². The van der Waals surface area contributed by atoms with Gasteiger partial charge in [0.1, 0.15) is 23.3 Å². The second kappa shape index (κ2) is 8.85. The van der Waals surface area contributed by atoms with Crippen LogP contribution < -0.4 is 20.4 Å². The van der Waals surface area contributed by atoms with E-state index in [9.17, 15) is 14.0 Å². The number of nitrogens with zero attached hydrogens (tertiary/aromatic N) is 4. The molecule has 1 saturated heterocycles. The molecule has 0 saturated carbocycles. The molecule has 2 heterocycles. The number of nitrogens with one attached hydrogen (secondary N) is 2. The molecular formula is C20H25FN6O2. The fourth-order valence-corrected chi connectivity index (χ4v) is 3.15. The topological polar surface area (TPSA) is 90.5 Å². The van der Waals surface area contributed by atoms with E-state index >= 15 is 0 Å². The van der Waals surface area contributed by atoms with Gasteiger partial charge in [0.05, 0.1) is 5.92 Å². The maximum Gasteiger partial charge on any atom is 0.227 e. The van der Waals surface area contributed by atoms with E-state index < -0.39 is 5.92 Å². The Morgan fingerprint density at radius 2 is 1.97 bits per heavy atom. The fourth-order valence-electron chi connectivity index (χ4n) is 3.15. The average molecular weight is 400 g/mol. The van der Waals surface area contributed by atoms with E-state index in [1.54, 1.807) is 12.1 Å². The highest BCUT2D eigenvalue weighted by atomic mass is 19.1. The van der Waals surface area contributed by atoms with Gasteiger partial charge in [0.15, 0.2) is 0 Å².